The molecule has 0 spiro atoms. The number of nitrogens with one attached hydrogen (secondary N) is 2. The van der Waals surface area contributed by atoms with Crippen LogP contribution in [0.5, 0.6) is 0 Å². The summed E-state index contributed by atoms with van der Waals surface area (Å²) in [4.78, 5) is 16.8. The predicted octanol–water partition coefficient (Wildman–Crippen LogP) is 1.49. The average molecular weight is 371 g/mol. The summed E-state index contributed by atoms with van der Waals surface area (Å²) in [5.41, 5.74) is 1.08. The molecule has 0 saturated carbocycles. The van der Waals surface area contributed by atoms with E-state index in [1.54, 1.807) is 0 Å². The minimum Gasteiger partial charge on any atom is -0.369 e. The maximum atomic E-state index is 13.0. The van der Waals surface area contributed by atoms with Gasteiger partial charge in [0, 0.05) is 50.9 Å². The topological polar surface area (TPSA) is 47.6 Å². The predicted molar refractivity (Wildman–Crippen MR) is 101 cm³/mol. The SMILES string of the molecule is Cl.O=C(NCCN1CCN(c2ccc(F)cc2)CC1)C1CCNCC1. The van der Waals surface area contributed by atoms with E-state index >= 15 is 0 Å². The van der Waals surface area contributed by atoms with Crippen molar-refractivity contribution in [3.05, 3.63) is 30.1 Å². The van der Waals surface area contributed by atoms with E-state index in [2.05, 4.69) is 20.4 Å². The number of amides is 1. The van der Waals surface area contributed by atoms with Gasteiger partial charge >= 0.3 is 0 Å². The summed E-state index contributed by atoms with van der Waals surface area (Å²) in [6.07, 6.45) is 1.89. The second-order valence-electron chi connectivity index (χ2n) is 6.62. The lowest BCUT2D eigenvalue weighted by atomic mass is 9.97. The highest BCUT2D eigenvalue weighted by atomic mass is 35.5. The molecule has 0 unspecified atom stereocenters. The fourth-order valence-electron chi connectivity index (χ4n) is 3.45. The van der Waals surface area contributed by atoms with E-state index in [1.165, 1.54) is 12.1 Å². The van der Waals surface area contributed by atoms with E-state index < -0.39 is 0 Å². The van der Waals surface area contributed by atoms with Crippen molar-refractivity contribution in [2.45, 2.75) is 12.8 Å². The molecule has 0 aromatic heterocycles. The van der Waals surface area contributed by atoms with Gasteiger partial charge < -0.3 is 15.5 Å². The number of carbonyl (C=O) groups is 1. The first-order chi connectivity index (χ1) is 11.7. The van der Waals surface area contributed by atoms with Gasteiger partial charge in [-0.05, 0) is 50.2 Å². The van der Waals surface area contributed by atoms with Crippen LogP contribution in [0.4, 0.5) is 10.1 Å². The molecule has 5 nitrogen and oxygen atoms in total. The summed E-state index contributed by atoms with van der Waals surface area (Å²) in [6.45, 7) is 7.34. The zero-order valence-electron chi connectivity index (χ0n) is 14.5. The van der Waals surface area contributed by atoms with Gasteiger partial charge in [0.1, 0.15) is 5.82 Å². The van der Waals surface area contributed by atoms with Gasteiger partial charge in [0.25, 0.3) is 0 Å². The Bertz CT molecular complexity index is 528. The minimum atomic E-state index is -0.193. The van der Waals surface area contributed by atoms with E-state index in [-0.39, 0.29) is 30.0 Å². The molecule has 2 fully saturated rings. The van der Waals surface area contributed by atoms with Gasteiger partial charge in [-0.1, -0.05) is 0 Å². The molecule has 1 amide bonds. The lowest BCUT2D eigenvalue weighted by Gasteiger charge is -2.36. The Hall–Kier alpha value is -1.37. The highest BCUT2D eigenvalue weighted by molar-refractivity contribution is 5.85. The van der Waals surface area contributed by atoms with Crippen LogP contribution in [0.2, 0.25) is 0 Å². The Morgan fingerprint density at radius 3 is 2.40 bits per heavy atom. The normalized spacial score (nSPS) is 19.3. The number of piperidine rings is 1. The zero-order valence-corrected chi connectivity index (χ0v) is 15.4. The molecule has 2 N–H and O–H groups in total. The molecule has 0 bridgehead atoms. The number of rotatable bonds is 5. The summed E-state index contributed by atoms with van der Waals surface area (Å²) in [7, 11) is 0. The molecule has 7 heteroatoms. The Balaban J connectivity index is 0.00000225. The Morgan fingerprint density at radius 2 is 1.76 bits per heavy atom. The fourth-order valence-corrected chi connectivity index (χ4v) is 3.45. The number of piperazine rings is 1. The van der Waals surface area contributed by atoms with Crippen LogP contribution >= 0.6 is 12.4 Å². The quantitative estimate of drug-likeness (QED) is 0.824. The largest absolute Gasteiger partial charge is 0.369 e. The number of benzene rings is 1. The van der Waals surface area contributed by atoms with Crippen molar-refractivity contribution in [1.82, 2.24) is 15.5 Å². The van der Waals surface area contributed by atoms with E-state index in [1.807, 2.05) is 12.1 Å². The number of anilines is 1. The third-order valence-corrected chi connectivity index (χ3v) is 5.00. The second-order valence-corrected chi connectivity index (χ2v) is 6.62. The third kappa shape index (κ3) is 5.83. The molecule has 1 aromatic carbocycles. The molecule has 2 aliphatic rings. The molecule has 0 radical (unpaired) electrons. The number of nitrogens with zero attached hydrogens (tertiary/aromatic N) is 2. The highest BCUT2D eigenvalue weighted by Crippen LogP contribution is 2.16. The molecule has 25 heavy (non-hydrogen) atoms. The number of carbonyl (C=O) groups excluding carboxylic acids is 1. The molecule has 0 atom stereocenters. The maximum absolute atomic E-state index is 13.0. The first kappa shape index (κ1) is 19.9. The van der Waals surface area contributed by atoms with Gasteiger partial charge in [-0.2, -0.15) is 0 Å². The Morgan fingerprint density at radius 1 is 1.12 bits per heavy atom. The molecule has 1 aromatic rings. The van der Waals surface area contributed by atoms with Gasteiger partial charge in [-0.3, -0.25) is 9.69 Å². The summed E-state index contributed by atoms with van der Waals surface area (Å²) < 4.78 is 13.0. The van der Waals surface area contributed by atoms with Crippen molar-refractivity contribution in [3.8, 4) is 0 Å². The van der Waals surface area contributed by atoms with E-state index in [9.17, 15) is 9.18 Å². The van der Waals surface area contributed by atoms with Crippen molar-refractivity contribution in [1.29, 1.82) is 0 Å². The average Bonchev–Trinajstić information content (AvgIpc) is 2.64. The van der Waals surface area contributed by atoms with Crippen LogP contribution in [0.1, 0.15) is 12.8 Å². The number of hydrogen-bond donors (Lipinski definition) is 2. The number of hydrogen-bond acceptors (Lipinski definition) is 4. The fraction of sp³-hybridized carbons (Fsp3) is 0.611. The van der Waals surface area contributed by atoms with Crippen molar-refractivity contribution < 1.29 is 9.18 Å². The van der Waals surface area contributed by atoms with Crippen molar-refractivity contribution >= 4 is 24.0 Å². The summed E-state index contributed by atoms with van der Waals surface area (Å²) in [5, 5.41) is 6.37. The van der Waals surface area contributed by atoms with Crippen LogP contribution in [0.15, 0.2) is 24.3 Å². The minimum absolute atomic E-state index is 0. The maximum Gasteiger partial charge on any atom is 0.223 e. The van der Waals surface area contributed by atoms with Crippen LogP contribution in [-0.2, 0) is 4.79 Å². The first-order valence-corrected chi connectivity index (χ1v) is 8.94. The molecule has 2 saturated heterocycles. The lowest BCUT2D eigenvalue weighted by Crippen LogP contribution is -2.49. The van der Waals surface area contributed by atoms with Crippen LogP contribution < -0.4 is 15.5 Å². The van der Waals surface area contributed by atoms with Crippen molar-refractivity contribution in [2.75, 3.05) is 57.3 Å². The molecular formula is C18H28ClFN4O. The van der Waals surface area contributed by atoms with Crippen molar-refractivity contribution in [3.63, 3.8) is 0 Å². The zero-order chi connectivity index (χ0) is 16.8. The summed E-state index contributed by atoms with van der Waals surface area (Å²) >= 11 is 0. The smallest absolute Gasteiger partial charge is 0.223 e. The lowest BCUT2D eigenvalue weighted by molar-refractivity contribution is -0.125. The first-order valence-electron chi connectivity index (χ1n) is 8.94. The molecule has 0 aliphatic carbocycles. The van der Waals surface area contributed by atoms with Crippen LogP contribution in [0.25, 0.3) is 0 Å². The molecule has 3 rings (SSSR count). The van der Waals surface area contributed by atoms with E-state index in [0.29, 0.717) is 0 Å². The molecule has 140 valence electrons. The summed E-state index contributed by atoms with van der Waals surface area (Å²) in [6, 6.07) is 6.70. The van der Waals surface area contributed by atoms with Gasteiger partial charge in [-0.25, -0.2) is 4.39 Å². The third-order valence-electron chi connectivity index (χ3n) is 5.00. The second kappa shape index (κ2) is 9.94. The van der Waals surface area contributed by atoms with Gasteiger partial charge in [0.05, 0.1) is 0 Å². The van der Waals surface area contributed by atoms with Crippen molar-refractivity contribution in [2.24, 2.45) is 5.92 Å². The molecular weight excluding hydrogens is 343 g/mol. The number of halogens is 2. The highest BCUT2D eigenvalue weighted by Gasteiger charge is 2.21. The van der Waals surface area contributed by atoms with Crippen LogP contribution in [0, 0.1) is 11.7 Å². The monoisotopic (exact) mass is 370 g/mol. The Kier molecular flexibility index (Phi) is 7.93. The van der Waals surface area contributed by atoms with E-state index in [0.717, 1.165) is 70.9 Å². The van der Waals surface area contributed by atoms with Gasteiger partial charge in [0.15, 0.2) is 0 Å². The molecule has 2 aliphatic heterocycles. The summed E-state index contributed by atoms with van der Waals surface area (Å²) in [5.74, 6) is 0.199. The van der Waals surface area contributed by atoms with Gasteiger partial charge in [-0.15, -0.1) is 12.4 Å². The standard InChI is InChI=1S/C18H27FN4O.ClH/c19-16-1-3-17(4-2-16)23-13-11-22(12-14-23)10-9-21-18(24)15-5-7-20-8-6-15;/h1-4,15,20H,5-14H2,(H,21,24);1H. The van der Waals surface area contributed by atoms with E-state index in [4.69, 9.17) is 0 Å². The Labute approximate surface area is 155 Å². The van der Waals surface area contributed by atoms with Crippen LogP contribution in [-0.4, -0.2) is 63.2 Å². The molecule has 2 heterocycles. The van der Waals surface area contributed by atoms with Gasteiger partial charge in [0.2, 0.25) is 5.91 Å². The van der Waals surface area contributed by atoms with Crippen LogP contribution in [0.3, 0.4) is 0 Å².